The number of benzene rings is 3. The van der Waals surface area contributed by atoms with Crippen LogP contribution in [-0.2, 0) is 13.6 Å². The molecule has 3 aromatic carbocycles. The van der Waals surface area contributed by atoms with Crippen LogP contribution in [-0.4, -0.2) is 50.3 Å². The number of imidazole rings is 1. The van der Waals surface area contributed by atoms with Gasteiger partial charge in [0, 0.05) is 69.5 Å². The van der Waals surface area contributed by atoms with Crippen LogP contribution in [0.3, 0.4) is 0 Å². The van der Waals surface area contributed by atoms with Gasteiger partial charge >= 0.3 is 5.69 Å². The summed E-state index contributed by atoms with van der Waals surface area (Å²) < 4.78 is 17.8. The second-order valence-corrected chi connectivity index (χ2v) is 10.6. The zero-order valence-electron chi connectivity index (χ0n) is 22.5. The molecule has 2 aromatic heterocycles. The van der Waals surface area contributed by atoms with E-state index in [-0.39, 0.29) is 11.4 Å². The highest BCUT2D eigenvalue weighted by molar-refractivity contribution is 6.32. The van der Waals surface area contributed by atoms with Gasteiger partial charge in [0.05, 0.1) is 10.7 Å². The fraction of sp³-hybridized carbons (Fsp3) is 0.188. The maximum Gasteiger partial charge on any atom is 0.332 e. The molecule has 1 fully saturated rings. The van der Waals surface area contributed by atoms with Gasteiger partial charge < -0.3 is 14.6 Å². The molecule has 0 amide bonds. The number of aromatic hydroxyl groups is 1. The number of phenolic OH excluding ortho intramolecular Hbond substituents is 1. The lowest BCUT2D eigenvalue weighted by Gasteiger charge is -2.35. The predicted octanol–water partition coefficient (Wildman–Crippen LogP) is 5.73. The second-order valence-electron chi connectivity index (χ2n) is 10.2. The Labute approximate surface area is 242 Å². The molecule has 0 atom stereocenters. The summed E-state index contributed by atoms with van der Waals surface area (Å²) in [7, 11) is 1.66. The van der Waals surface area contributed by atoms with Crippen molar-refractivity contribution in [1.82, 2.24) is 19.0 Å². The molecular formula is C32H29ClFN5O2. The van der Waals surface area contributed by atoms with E-state index in [2.05, 4.69) is 39.0 Å². The first kappa shape index (κ1) is 26.8. The fourth-order valence-corrected chi connectivity index (χ4v) is 5.56. The molecule has 0 radical (unpaired) electrons. The Morgan fingerprint density at radius 3 is 2.27 bits per heavy atom. The fourth-order valence-electron chi connectivity index (χ4n) is 5.29. The van der Waals surface area contributed by atoms with Crippen LogP contribution in [0.15, 0.2) is 96.2 Å². The van der Waals surface area contributed by atoms with Crippen molar-refractivity contribution in [3.63, 3.8) is 0 Å². The number of rotatable bonds is 6. The summed E-state index contributed by atoms with van der Waals surface area (Å²) in [5.74, 6) is 0.241. The molecule has 5 aromatic rings. The molecule has 1 aliphatic heterocycles. The van der Waals surface area contributed by atoms with Gasteiger partial charge in [-0.15, -0.1) is 0 Å². The molecule has 7 nitrogen and oxygen atoms in total. The SMILES string of the molecule is Cn1ccn(-c2ccc(-c3cc(F)cc(-c4ccnc(N5CCN(Cc6ccccc6)CC5)c4)c3O)cc2Cl)c1=O. The molecule has 208 valence electrons. The molecule has 1 N–H and O–H groups in total. The van der Waals surface area contributed by atoms with Gasteiger partial charge in [-0.25, -0.2) is 14.2 Å². The van der Waals surface area contributed by atoms with Crippen LogP contribution >= 0.6 is 11.6 Å². The van der Waals surface area contributed by atoms with Gasteiger partial charge in [-0.2, -0.15) is 0 Å². The van der Waals surface area contributed by atoms with Gasteiger partial charge in [0.15, 0.2) is 0 Å². The first-order valence-corrected chi connectivity index (χ1v) is 13.8. The molecule has 0 unspecified atom stereocenters. The van der Waals surface area contributed by atoms with Crippen molar-refractivity contribution >= 4 is 17.4 Å². The average molecular weight is 570 g/mol. The van der Waals surface area contributed by atoms with Crippen LogP contribution in [0.25, 0.3) is 27.9 Å². The lowest BCUT2D eigenvalue weighted by molar-refractivity contribution is 0.249. The van der Waals surface area contributed by atoms with Crippen molar-refractivity contribution in [3.8, 4) is 33.7 Å². The minimum Gasteiger partial charge on any atom is -0.507 e. The van der Waals surface area contributed by atoms with Crippen LogP contribution in [0.5, 0.6) is 5.75 Å². The molecule has 0 saturated carbocycles. The Kier molecular flexibility index (Phi) is 7.34. The zero-order chi connectivity index (χ0) is 28.5. The van der Waals surface area contributed by atoms with Gasteiger partial charge in [-0.1, -0.05) is 48.0 Å². The lowest BCUT2D eigenvalue weighted by Crippen LogP contribution is -2.46. The quantitative estimate of drug-likeness (QED) is 0.283. The van der Waals surface area contributed by atoms with E-state index in [1.807, 2.05) is 12.1 Å². The number of anilines is 1. The van der Waals surface area contributed by atoms with Crippen LogP contribution in [0.4, 0.5) is 10.2 Å². The number of hydrogen-bond acceptors (Lipinski definition) is 5. The van der Waals surface area contributed by atoms with Gasteiger partial charge in [-0.05, 0) is 53.1 Å². The average Bonchev–Trinajstić information content (AvgIpc) is 3.32. The van der Waals surface area contributed by atoms with Gasteiger partial charge in [-0.3, -0.25) is 9.47 Å². The van der Waals surface area contributed by atoms with E-state index in [9.17, 15) is 14.3 Å². The van der Waals surface area contributed by atoms with E-state index in [1.165, 1.54) is 26.8 Å². The zero-order valence-corrected chi connectivity index (χ0v) is 23.3. The number of phenols is 1. The van der Waals surface area contributed by atoms with Crippen molar-refractivity contribution in [2.75, 3.05) is 31.1 Å². The number of aryl methyl sites for hydroxylation is 1. The summed E-state index contributed by atoms with van der Waals surface area (Å²) in [6.45, 7) is 4.36. The van der Waals surface area contributed by atoms with E-state index >= 15 is 0 Å². The monoisotopic (exact) mass is 569 g/mol. The molecule has 1 saturated heterocycles. The van der Waals surface area contributed by atoms with E-state index in [1.54, 1.807) is 49.9 Å². The number of hydrogen-bond donors (Lipinski definition) is 1. The molecule has 0 aliphatic carbocycles. The van der Waals surface area contributed by atoms with Crippen molar-refractivity contribution in [2.24, 2.45) is 7.05 Å². The molecule has 0 spiro atoms. The Balaban J connectivity index is 1.25. The maximum atomic E-state index is 14.9. The minimum absolute atomic E-state index is 0.0584. The maximum absolute atomic E-state index is 14.9. The summed E-state index contributed by atoms with van der Waals surface area (Å²) in [6.07, 6.45) is 4.96. The van der Waals surface area contributed by atoms with E-state index in [0.717, 1.165) is 38.5 Å². The standard InChI is InChI=1S/C32H29ClFN5O2/c1-36-11-16-39(32(36)41)29-8-7-23(17-28(29)33)26-19-25(34)20-27(31(26)40)24-9-10-35-30(18-24)38-14-12-37(13-15-38)21-22-5-3-2-4-6-22/h2-11,16-20,40H,12-15,21H2,1H3. The summed E-state index contributed by atoms with van der Waals surface area (Å²) in [5.41, 5.74) is 3.43. The van der Waals surface area contributed by atoms with Crippen molar-refractivity contribution in [1.29, 1.82) is 0 Å². The van der Waals surface area contributed by atoms with Crippen LogP contribution in [0, 0.1) is 5.82 Å². The normalized spacial score (nSPS) is 14.0. The third-order valence-corrected chi connectivity index (χ3v) is 7.84. The Hall–Kier alpha value is -4.40. The summed E-state index contributed by atoms with van der Waals surface area (Å²) in [6, 6.07) is 21.7. The van der Waals surface area contributed by atoms with Crippen LogP contribution in [0.2, 0.25) is 5.02 Å². The molecule has 9 heteroatoms. The first-order valence-electron chi connectivity index (χ1n) is 13.4. The highest BCUT2D eigenvalue weighted by Crippen LogP contribution is 2.41. The molecule has 6 rings (SSSR count). The smallest absolute Gasteiger partial charge is 0.332 e. The van der Waals surface area contributed by atoms with Crippen molar-refractivity contribution < 1.29 is 9.50 Å². The molecule has 0 bridgehead atoms. The highest BCUT2D eigenvalue weighted by atomic mass is 35.5. The predicted molar refractivity (Wildman–Crippen MR) is 160 cm³/mol. The third-order valence-electron chi connectivity index (χ3n) is 7.54. The number of halogens is 2. The first-order chi connectivity index (χ1) is 19.9. The van der Waals surface area contributed by atoms with E-state index < -0.39 is 5.82 Å². The molecule has 41 heavy (non-hydrogen) atoms. The largest absolute Gasteiger partial charge is 0.507 e. The van der Waals surface area contributed by atoms with E-state index in [4.69, 9.17) is 11.6 Å². The summed E-state index contributed by atoms with van der Waals surface area (Å²) in [4.78, 5) is 21.6. The Bertz CT molecular complexity index is 1760. The van der Waals surface area contributed by atoms with Crippen molar-refractivity contribution in [2.45, 2.75) is 6.54 Å². The molecule has 1 aliphatic rings. The number of pyridine rings is 1. The van der Waals surface area contributed by atoms with Gasteiger partial charge in [0.2, 0.25) is 0 Å². The minimum atomic E-state index is -0.486. The molecular weight excluding hydrogens is 541 g/mol. The third kappa shape index (κ3) is 5.49. The highest BCUT2D eigenvalue weighted by Gasteiger charge is 2.20. The van der Waals surface area contributed by atoms with Crippen LogP contribution < -0.4 is 10.6 Å². The summed E-state index contributed by atoms with van der Waals surface area (Å²) >= 11 is 6.54. The number of nitrogens with zero attached hydrogens (tertiary/aromatic N) is 5. The van der Waals surface area contributed by atoms with Crippen molar-refractivity contribution in [3.05, 3.63) is 118 Å². The van der Waals surface area contributed by atoms with Gasteiger partial charge in [0.25, 0.3) is 0 Å². The number of piperazine rings is 1. The number of aromatic nitrogens is 3. The molecule has 3 heterocycles. The van der Waals surface area contributed by atoms with Crippen LogP contribution in [0.1, 0.15) is 5.56 Å². The summed E-state index contributed by atoms with van der Waals surface area (Å²) in [5, 5.41) is 11.6. The Morgan fingerprint density at radius 2 is 1.61 bits per heavy atom. The topological polar surface area (TPSA) is 66.5 Å². The van der Waals surface area contributed by atoms with Gasteiger partial charge in [0.1, 0.15) is 17.4 Å². The second kappa shape index (κ2) is 11.2. The Morgan fingerprint density at radius 1 is 0.902 bits per heavy atom. The lowest BCUT2D eigenvalue weighted by atomic mass is 9.97. The van der Waals surface area contributed by atoms with E-state index in [0.29, 0.717) is 33.0 Å².